The number of benzene rings is 1. The van der Waals surface area contributed by atoms with Crippen molar-refractivity contribution in [3.05, 3.63) is 27.7 Å². The van der Waals surface area contributed by atoms with Crippen LogP contribution in [0.15, 0.2) is 16.6 Å². The lowest BCUT2D eigenvalue weighted by molar-refractivity contribution is 0.460. The van der Waals surface area contributed by atoms with Crippen molar-refractivity contribution in [3.8, 4) is 5.75 Å². The average Bonchev–Trinajstić information content (AvgIpc) is 2.12. The molecule has 0 saturated heterocycles. The van der Waals surface area contributed by atoms with Crippen molar-refractivity contribution in [2.75, 3.05) is 6.54 Å². The summed E-state index contributed by atoms with van der Waals surface area (Å²) in [5.74, 6) is 0.426. The lowest BCUT2D eigenvalue weighted by Crippen LogP contribution is -2.23. The van der Waals surface area contributed by atoms with Gasteiger partial charge in [-0.3, -0.25) is 0 Å². The molecule has 3 heteroatoms. The molecule has 2 nitrogen and oxygen atoms in total. The van der Waals surface area contributed by atoms with Gasteiger partial charge in [0.2, 0.25) is 0 Å². The van der Waals surface area contributed by atoms with E-state index < -0.39 is 0 Å². The molecular formula is C9H10BrNO. The molecule has 1 aliphatic heterocycles. The fraction of sp³-hybridized carbons (Fsp3) is 0.333. The monoisotopic (exact) mass is 227 g/mol. The molecule has 1 heterocycles. The summed E-state index contributed by atoms with van der Waals surface area (Å²) in [4.78, 5) is 0. The highest BCUT2D eigenvalue weighted by atomic mass is 79.9. The van der Waals surface area contributed by atoms with Gasteiger partial charge in [-0.25, -0.2) is 0 Å². The van der Waals surface area contributed by atoms with Crippen molar-refractivity contribution in [3.63, 3.8) is 0 Å². The van der Waals surface area contributed by atoms with Gasteiger partial charge in [-0.05, 0) is 30.7 Å². The molecule has 0 radical (unpaired) electrons. The van der Waals surface area contributed by atoms with E-state index in [1.54, 1.807) is 6.07 Å². The first-order chi connectivity index (χ1) is 5.79. The van der Waals surface area contributed by atoms with E-state index in [9.17, 15) is 5.11 Å². The summed E-state index contributed by atoms with van der Waals surface area (Å²) < 4.78 is 1.09. The average molecular weight is 228 g/mol. The minimum Gasteiger partial charge on any atom is -0.508 e. The number of halogens is 1. The lowest BCUT2D eigenvalue weighted by Gasteiger charge is -2.19. The molecule has 0 unspecified atom stereocenters. The first-order valence-electron chi connectivity index (χ1n) is 3.99. The van der Waals surface area contributed by atoms with E-state index in [2.05, 4.69) is 21.2 Å². The maximum absolute atomic E-state index is 9.53. The standard InChI is InChI=1S/C9H10BrNO/c10-8-1-2-9(12)6-3-4-11-5-7(6)8/h1-2,11-12H,3-5H2. The number of nitrogens with one attached hydrogen (secondary N) is 1. The molecule has 1 aromatic carbocycles. The molecule has 0 spiro atoms. The van der Waals surface area contributed by atoms with E-state index in [0.29, 0.717) is 5.75 Å². The molecule has 0 aromatic heterocycles. The third-order valence-corrected chi connectivity index (χ3v) is 2.95. The molecule has 0 bridgehead atoms. The summed E-state index contributed by atoms with van der Waals surface area (Å²) in [5.41, 5.74) is 2.28. The van der Waals surface area contributed by atoms with Gasteiger partial charge in [0, 0.05) is 16.6 Å². The maximum atomic E-state index is 9.53. The summed E-state index contributed by atoms with van der Waals surface area (Å²) in [6.45, 7) is 1.81. The summed E-state index contributed by atoms with van der Waals surface area (Å²) in [7, 11) is 0. The van der Waals surface area contributed by atoms with Crippen LogP contribution in [0.5, 0.6) is 5.75 Å². The fourth-order valence-corrected chi connectivity index (χ4v) is 2.06. The van der Waals surface area contributed by atoms with Crippen molar-refractivity contribution >= 4 is 15.9 Å². The molecule has 1 aromatic rings. The highest BCUT2D eigenvalue weighted by Crippen LogP contribution is 2.30. The van der Waals surface area contributed by atoms with E-state index in [1.165, 1.54) is 5.56 Å². The number of rotatable bonds is 0. The molecule has 0 atom stereocenters. The van der Waals surface area contributed by atoms with Crippen LogP contribution in [0.2, 0.25) is 0 Å². The van der Waals surface area contributed by atoms with Gasteiger partial charge >= 0.3 is 0 Å². The molecule has 0 saturated carbocycles. The van der Waals surface area contributed by atoms with Gasteiger partial charge in [0.25, 0.3) is 0 Å². The van der Waals surface area contributed by atoms with Gasteiger partial charge in [-0.15, -0.1) is 0 Å². The number of hydrogen-bond donors (Lipinski definition) is 2. The van der Waals surface area contributed by atoms with E-state index in [0.717, 1.165) is 29.5 Å². The Morgan fingerprint density at radius 1 is 1.33 bits per heavy atom. The Morgan fingerprint density at radius 3 is 2.92 bits per heavy atom. The Kier molecular flexibility index (Phi) is 2.07. The molecule has 12 heavy (non-hydrogen) atoms. The Bertz CT molecular complexity index is 281. The Morgan fingerprint density at radius 2 is 2.17 bits per heavy atom. The van der Waals surface area contributed by atoms with Gasteiger partial charge in [-0.1, -0.05) is 15.9 Å². The van der Waals surface area contributed by atoms with Gasteiger partial charge < -0.3 is 10.4 Å². The predicted molar refractivity (Wildman–Crippen MR) is 51.2 cm³/mol. The Hall–Kier alpha value is -0.540. The minimum atomic E-state index is 0.426. The molecule has 64 valence electrons. The summed E-state index contributed by atoms with van der Waals surface area (Å²) in [5, 5.41) is 12.8. The van der Waals surface area contributed by atoms with Gasteiger partial charge in [0.1, 0.15) is 5.75 Å². The highest BCUT2D eigenvalue weighted by Gasteiger charge is 2.14. The van der Waals surface area contributed by atoms with Crippen LogP contribution in [0.4, 0.5) is 0 Å². The fourth-order valence-electron chi connectivity index (χ4n) is 1.55. The maximum Gasteiger partial charge on any atom is 0.119 e. The summed E-state index contributed by atoms with van der Waals surface area (Å²) in [6.07, 6.45) is 0.917. The molecule has 1 aliphatic rings. The first-order valence-corrected chi connectivity index (χ1v) is 4.78. The second-order valence-electron chi connectivity index (χ2n) is 2.95. The van der Waals surface area contributed by atoms with Crippen LogP contribution in [-0.4, -0.2) is 11.7 Å². The van der Waals surface area contributed by atoms with Crippen LogP contribution in [0, 0.1) is 0 Å². The van der Waals surface area contributed by atoms with E-state index in [-0.39, 0.29) is 0 Å². The largest absolute Gasteiger partial charge is 0.508 e. The Labute approximate surface area is 79.7 Å². The first kappa shape index (κ1) is 8.08. The topological polar surface area (TPSA) is 32.3 Å². The van der Waals surface area contributed by atoms with Crippen LogP contribution >= 0.6 is 15.9 Å². The van der Waals surface area contributed by atoms with Gasteiger partial charge in [0.05, 0.1) is 0 Å². The van der Waals surface area contributed by atoms with Crippen LogP contribution in [0.25, 0.3) is 0 Å². The van der Waals surface area contributed by atoms with Crippen LogP contribution in [-0.2, 0) is 13.0 Å². The smallest absolute Gasteiger partial charge is 0.119 e. The number of phenols is 1. The number of fused-ring (bicyclic) bond motifs is 1. The zero-order valence-electron chi connectivity index (χ0n) is 6.60. The predicted octanol–water partition coefficient (Wildman–Crippen LogP) is 1.80. The van der Waals surface area contributed by atoms with Crippen molar-refractivity contribution in [2.45, 2.75) is 13.0 Å². The quantitative estimate of drug-likeness (QED) is 0.709. The van der Waals surface area contributed by atoms with E-state index in [4.69, 9.17) is 0 Å². The van der Waals surface area contributed by atoms with Crippen LogP contribution < -0.4 is 5.32 Å². The third-order valence-electron chi connectivity index (χ3n) is 2.20. The van der Waals surface area contributed by atoms with Crippen molar-refractivity contribution in [1.82, 2.24) is 5.32 Å². The number of aromatic hydroxyl groups is 1. The normalized spacial score (nSPS) is 15.8. The molecular weight excluding hydrogens is 218 g/mol. The molecule has 0 amide bonds. The lowest BCUT2D eigenvalue weighted by atomic mass is 10.0. The third kappa shape index (κ3) is 1.23. The summed E-state index contributed by atoms with van der Waals surface area (Å²) >= 11 is 3.47. The zero-order valence-corrected chi connectivity index (χ0v) is 8.19. The zero-order chi connectivity index (χ0) is 8.55. The highest BCUT2D eigenvalue weighted by molar-refractivity contribution is 9.10. The SMILES string of the molecule is Oc1ccc(Br)c2c1CCNC2. The Balaban J connectivity index is 2.57. The van der Waals surface area contributed by atoms with Gasteiger partial charge in [0.15, 0.2) is 0 Å². The van der Waals surface area contributed by atoms with Crippen molar-refractivity contribution in [1.29, 1.82) is 0 Å². The van der Waals surface area contributed by atoms with Crippen molar-refractivity contribution < 1.29 is 5.11 Å². The minimum absolute atomic E-state index is 0.426. The van der Waals surface area contributed by atoms with Crippen molar-refractivity contribution in [2.24, 2.45) is 0 Å². The van der Waals surface area contributed by atoms with E-state index in [1.807, 2.05) is 6.07 Å². The number of phenolic OH excluding ortho intramolecular Hbond substituents is 1. The molecule has 0 aliphatic carbocycles. The molecule has 2 rings (SSSR count). The molecule has 2 N–H and O–H groups in total. The van der Waals surface area contributed by atoms with E-state index >= 15 is 0 Å². The second kappa shape index (κ2) is 3.07. The molecule has 0 fully saturated rings. The second-order valence-corrected chi connectivity index (χ2v) is 3.80. The van der Waals surface area contributed by atoms with Crippen LogP contribution in [0.1, 0.15) is 11.1 Å². The number of hydrogen-bond acceptors (Lipinski definition) is 2. The van der Waals surface area contributed by atoms with Gasteiger partial charge in [-0.2, -0.15) is 0 Å². The van der Waals surface area contributed by atoms with Crippen LogP contribution in [0.3, 0.4) is 0 Å². The summed E-state index contributed by atoms with van der Waals surface area (Å²) in [6, 6.07) is 3.63.